The second kappa shape index (κ2) is 5.08. The molecule has 3 heteroatoms. The average molecular weight is 260 g/mol. The number of isocyanates is 1. The number of nitrogens with zero attached hydrogens (tertiary/aromatic N) is 2. The highest BCUT2D eigenvalue weighted by Gasteiger charge is 2.06. The van der Waals surface area contributed by atoms with E-state index in [1.54, 1.807) is 6.08 Å². The van der Waals surface area contributed by atoms with E-state index in [9.17, 15) is 4.79 Å². The zero-order valence-electron chi connectivity index (χ0n) is 11.0. The van der Waals surface area contributed by atoms with Gasteiger partial charge in [0.25, 0.3) is 0 Å². The topological polar surface area (TPSA) is 42.3 Å². The van der Waals surface area contributed by atoms with Gasteiger partial charge < -0.3 is 0 Å². The van der Waals surface area contributed by atoms with Crippen molar-refractivity contribution in [2.75, 3.05) is 0 Å². The third-order valence-corrected chi connectivity index (χ3v) is 3.29. The summed E-state index contributed by atoms with van der Waals surface area (Å²) < 4.78 is 0. The van der Waals surface area contributed by atoms with Gasteiger partial charge in [-0.15, -0.1) is 0 Å². The Morgan fingerprint density at radius 3 is 2.55 bits per heavy atom. The summed E-state index contributed by atoms with van der Waals surface area (Å²) in [5.41, 5.74) is 3.76. The molecule has 3 rings (SSSR count). The van der Waals surface area contributed by atoms with Crippen LogP contribution in [0.15, 0.2) is 59.7 Å². The first-order chi connectivity index (χ1) is 9.79. The van der Waals surface area contributed by atoms with Gasteiger partial charge in [-0.2, -0.15) is 4.99 Å². The molecule has 1 aromatic heterocycles. The van der Waals surface area contributed by atoms with Crippen LogP contribution >= 0.6 is 0 Å². The maximum Gasteiger partial charge on any atom is 0.240 e. The van der Waals surface area contributed by atoms with Crippen LogP contribution in [0.5, 0.6) is 0 Å². The van der Waals surface area contributed by atoms with Crippen LogP contribution < -0.4 is 0 Å². The van der Waals surface area contributed by atoms with E-state index < -0.39 is 0 Å². The fourth-order valence-electron chi connectivity index (χ4n) is 2.32. The molecule has 0 saturated heterocycles. The van der Waals surface area contributed by atoms with Crippen molar-refractivity contribution in [3.8, 4) is 11.1 Å². The van der Waals surface area contributed by atoms with Crippen molar-refractivity contribution in [1.82, 2.24) is 4.98 Å². The highest BCUT2D eigenvalue weighted by molar-refractivity contribution is 6.02. The number of aryl methyl sites for hydroxylation is 1. The van der Waals surface area contributed by atoms with Gasteiger partial charge in [-0.1, -0.05) is 36.4 Å². The van der Waals surface area contributed by atoms with Crippen LogP contribution in [0.25, 0.3) is 21.9 Å². The molecule has 0 fully saturated rings. The van der Waals surface area contributed by atoms with Gasteiger partial charge in [0.1, 0.15) is 0 Å². The zero-order chi connectivity index (χ0) is 13.9. The molecular weight excluding hydrogens is 248 g/mol. The van der Waals surface area contributed by atoms with Gasteiger partial charge in [0.2, 0.25) is 6.08 Å². The first-order valence-corrected chi connectivity index (χ1v) is 6.32. The summed E-state index contributed by atoms with van der Waals surface area (Å²) in [6.45, 7) is 1.96. The Morgan fingerprint density at radius 2 is 1.80 bits per heavy atom. The lowest BCUT2D eigenvalue weighted by molar-refractivity contribution is 0.565. The van der Waals surface area contributed by atoms with Crippen LogP contribution in [0.2, 0.25) is 0 Å². The molecule has 0 radical (unpaired) electrons. The van der Waals surface area contributed by atoms with Gasteiger partial charge in [0.05, 0.1) is 5.69 Å². The highest BCUT2D eigenvalue weighted by atomic mass is 16.1. The van der Waals surface area contributed by atoms with Gasteiger partial charge in [0.15, 0.2) is 0 Å². The first kappa shape index (κ1) is 12.3. The Balaban J connectivity index is 2.29. The summed E-state index contributed by atoms with van der Waals surface area (Å²) in [6, 6.07) is 15.7. The van der Waals surface area contributed by atoms with Gasteiger partial charge >= 0.3 is 0 Å². The lowest BCUT2D eigenvalue weighted by atomic mass is 9.98. The molecule has 0 aliphatic carbocycles. The molecular formula is C17H12N2O. The van der Waals surface area contributed by atoms with Crippen LogP contribution in [-0.4, -0.2) is 11.1 Å². The summed E-state index contributed by atoms with van der Waals surface area (Å²) in [6.07, 6.45) is 3.47. The van der Waals surface area contributed by atoms with Crippen molar-refractivity contribution in [2.45, 2.75) is 6.92 Å². The third kappa shape index (κ3) is 2.11. The van der Waals surface area contributed by atoms with Gasteiger partial charge in [0, 0.05) is 22.8 Å². The largest absolute Gasteiger partial charge is 0.261 e. The monoisotopic (exact) mass is 260 g/mol. The molecule has 0 N–H and O–H groups in total. The Bertz CT molecular complexity index is 816. The van der Waals surface area contributed by atoms with Gasteiger partial charge in [-0.3, -0.25) is 4.98 Å². The molecule has 0 bridgehead atoms. The molecule has 3 aromatic rings. The summed E-state index contributed by atoms with van der Waals surface area (Å²) in [4.78, 5) is 18.6. The minimum Gasteiger partial charge on any atom is -0.261 e. The molecule has 0 saturated carbocycles. The van der Waals surface area contributed by atoms with Gasteiger partial charge in [-0.05, 0) is 30.0 Å². The molecule has 0 unspecified atom stereocenters. The Kier molecular flexibility index (Phi) is 3.12. The number of aliphatic imine (C=N–C) groups is 1. The van der Waals surface area contributed by atoms with E-state index in [1.807, 2.05) is 61.7 Å². The molecule has 2 aromatic carbocycles. The molecule has 0 aliphatic rings. The van der Waals surface area contributed by atoms with E-state index in [-0.39, 0.29) is 0 Å². The van der Waals surface area contributed by atoms with Crippen molar-refractivity contribution in [1.29, 1.82) is 0 Å². The van der Waals surface area contributed by atoms with E-state index in [0.717, 1.165) is 27.6 Å². The third-order valence-electron chi connectivity index (χ3n) is 3.29. The number of carbonyl (C=O) groups excluding carboxylic acids is 1. The second-order valence-electron chi connectivity index (χ2n) is 4.57. The summed E-state index contributed by atoms with van der Waals surface area (Å²) in [7, 11) is 0. The maximum atomic E-state index is 10.5. The lowest BCUT2D eigenvalue weighted by Crippen LogP contribution is -1.85. The summed E-state index contributed by atoms with van der Waals surface area (Å²) in [5.74, 6) is 0. The SMILES string of the molecule is Cc1ccc(-c2cccc3c(N=C=O)cccc23)cn1. The van der Waals surface area contributed by atoms with E-state index >= 15 is 0 Å². The number of rotatable bonds is 2. The number of pyridine rings is 1. The highest BCUT2D eigenvalue weighted by Crippen LogP contribution is 2.33. The van der Waals surface area contributed by atoms with Crippen molar-refractivity contribution < 1.29 is 4.79 Å². The molecule has 96 valence electrons. The van der Waals surface area contributed by atoms with Crippen LogP contribution in [0.3, 0.4) is 0 Å². The van der Waals surface area contributed by atoms with E-state index in [0.29, 0.717) is 5.69 Å². The normalized spacial score (nSPS) is 10.2. The number of hydrogen-bond donors (Lipinski definition) is 0. The number of fused-ring (bicyclic) bond motifs is 1. The lowest BCUT2D eigenvalue weighted by Gasteiger charge is -2.08. The molecule has 0 amide bonds. The Hall–Kier alpha value is -2.77. The minimum absolute atomic E-state index is 0.638. The van der Waals surface area contributed by atoms with Crippen molar-refractivity contribution in [2.24, 2.45) is 4.99 Å². The standard InChI is InChI=1S/C17H12N2O/c1-12-8-9-13(10-18-12)14-4-2-6-16-15(14)5-3-7-17(16)19-11-20/h2-10H,1H3. The quantitative estimate of drug-likeness (QED) is 0.512. The summed E-state index contributed by atoms with van der Waals surface area (Å²) >= 11 is 0. The number of aromatic nitrogens is 1. The van der Waals surface area contributed by atoms with Crippen LogP contribution in [-0.2, 0) is 4.79 Å². The van der Waals surface area contributed by atoms with E-state index in [4.69, 9.17) is 0 Å². The van der Waals surface area contributed by atoms with Crippen molar-refractivity contribution in [3.05, 3.63) is 60.4 Å². The average Bonchev–Trinajstić information content (AvgIpc) is 2.48. The fraction of sp³-hybridized carbons (Fsp3) is 0.0588. The molecule has 20 heavy (non-hydrogen) atoms. The Labute approximate surface area is 116 Å². The predicted octanol–water partition coefficient (Wildman–Crippen LogP) is 4.18. The molecule has 0 atom stereocenters. The first-order valence-electron chi connectivity index (χ1n) is 6.32. The van der Waals surface area contributed by atoms with E-state index in [1.165, 1.54) is 0 Å². The molecule has 0 aliphatic heterocycles. The van der Waals surface area contributed by atoms with Crippen molar-refractivity contribution in [3.63, 3.8) is 0 Å². The van der Waals surface area contributed by atoms with Crippen LogP contribution in [0.1, 0.15) is 5.69 Å². The van der Waals surface area contributed by atoms with Crippen molar-refractivity contribution >= 4 is 22.5 Å². The number of benzene rings is 2. The second-order valence-corrected chi connectivity index (χ2v) is 4.57. The maximum absolute atomic E-state index is 10.5. The van der Waals surface area contributed by atoms with Crippen LogP contribution in [0, 0.1) is 6.92 Å². The minimum atomic E-state index is 0.638. The molecule has 3 nitrogen and oxygen atoms in total. The fourth-order valence-corrected chi connectivity index (χ4v) is 2.32. The smallest absolute Gasteiger partial charge is 0.240 e. The van der Waals surface area contributed by atoms with E-state index in [2.05, 4.69) is 9.98 Å². The van der Waals surface area contributed by atoms with Gasteiger partial charge in [-0.25, -0.2) is 4.79 Å². The predicted molar refractivity (Wildman–Crippen MR) is 79.7 cm³/mol. The molecule has 1 heterocycles. The zero-order valence-corrected chi connectivity index (χ0v) is 11.0. The number of hydrogen-bond acceptors (Lipinski definition) is 3. The van der Waals surface area contributed by atoms with Crippen LogP contribution in [0.4, 0.5) is 5.69 Å². The Morgan fingerprint density at radius 1 is 1.00 bits per heavy atom. The summed E-state index contributed by atoms with van der Waals surface area (Å²) in [5, 5.41) is 1.99. The molecule has 0 spiro atoms.